The maximum Gasteiger partial charge on any atom is 0.250 e. The smallest absolute Gasteiger partial charge is 0.250 e. The van der Waals surface area contributed by atoms with Crippen molar-refractivity contribution in [1.82, 2.24) is 5.43 Å². The fourth-order valence-corrected chi connectivity index (χ4v) is 2.84. The highest BCUT2D eigenvalue weighted by Gasteiger charge is 2.01. The van der Waals surface area contributed by atoms with E-state index in [2.05, 4.69) is 41.7 Å². The van der Waals surface area contributed by atoms with Crippen molar-refractivity contribution in [2.24, 2.45) is 5.10 Å². The molecule has 0 heterocycles. The number of hydrazone groups is 1. The van der Waals surface area contributed by atoms with Gasteiger partial charge in [0.05, 0.1) is 18.1 Å². The van der Waals surface area contributed by atoms with Crippen LogP contribution in [-0.4, -0.2) is 24.0 Å². The highest BCUT2D eigenvalue weighted by atomic mass is 32.2. The first-order valence-corrected chi connectivity index (χ1v) is 9.40. The number of nitrogens with one attached hydrogen (secondary N) is 1. The number of benzene rings is 2. The van der Waals surface area contributed by atoms with Gasteiger partial charge >= 0.3 is 0 Å². The minimum absolute atomic E-state index is 0.104. The summed E-state index contributed by atoms with van der Waals surface area (Å²) in [7, 11) is 0. The Bertz CT molecular complexity index is 695. The molecule has 132 valence electrons. The Hall–Kier alpha value is -2.27. The Balaban J connectivity index is 1.70. The summed E-state index contributed by atoms with van der Waals surface area (Å²) >= 11 is 1.57. The number of aryl methyl sites for hydroxylation is 1. The van der Waals surface area contributed by atoms with Gasteiger partial charge in [0.1, 0.15) is 5.75 Å². The topological polar surface area (TPSA) is 50.7 Å². The zero-order chi connectivity index (χ0) is 18.1. The standard InChI is InChI=1S/C20H24N2O2S/c1-15(2)24-19-10-8-17(9-11-19)12-21-22-20(23)14-25-13-18-6-4-16(3)5-7-18/h4-12,15H,13-14H2,1-3H3,(H,22,23)/b21-12-. The first kappa shape index (κ1) is 19.1. The second kappa shape index (κ2) is 9.89. The normalized spacial score (nSPS) is 11.0. The van der Waals surface area contributed by atoms with E-state index in [1.165, 1.54) is 11.1 Å². The second-order valence-corrected chi connectivity index (χ2v) is 6.99. The number of carbonyl (C=O) groups is 1. The predicted molar refractivity (Wildman–Crippen MR) is 105 cm³/mol. The van der Waals surface area contributed by atoms with Crippen LogP contribution in [0.25, 0.3) is 0 Å². The second-order valence-electron chi connectivity index (χ2n) is 6.01. The Labute approximate surface area is 153 Å². The molecule has 0 saturated heterocycles. The molecule has 1 N–H and O–H groups in total. The third-order valence-electron chi connectivity index (χ3n) is 3.28. The van der Waals surface area contributed by atoms with Gasteiger partial charge in [0.2, 0.25) is 5.91 Å². The van der Waals surface area contributed by atoms with E-state index < -0.39 is 0 Å². The zero-order valence-corrected chi connectivity index (χ0v) is 15.7. The lowest BCUT2D eigenvalue weighted by atomic mass is 10.2. The van der Waals surface area contributed by atoms with Gasteiger partial charge in [-0.15, -0.1) is 11.8 Å². The van der Waals surface area contributed by atoms with Gasteiger partial charge in [-0.25, -0.2) is 5.43 Å². The van der Waals surface area contributed by atoms with Gasteiger partial charge < -0.3 is 4.74 Å². The Morgan fingerprint density at radius 3 is 2.48 bits per heavy atom. The summed E-state index contributed by atoms with van der Waals surface area (Å²) in [4.78, 5) is 11.8. The quantitative estimate of drug-likeness (QED) is 0.571. The summed E-state index contributed by atoms with van der Waals surface area (Å²) < 4.78 is 5.58. The van der Waals surface area contributed by atoms with Gasteiger partial charge in [-0.3, -0.25) is 4.79 Å². The highest BCUT2D eigenvalue weighted by Crippen LogP contribution is 2.13. The van der Waals surface area contributed by atoms with Gasteiger partial charge in [-0.1, -0.05) is 29.8 Å². The van der Waals surface area contributed by atoms with Gasteiger partial charge in [0, 0.05) is 5.75 Å². The minimum Gasteiger partial charge on any atom is -0.491 e. The molecule has 0 aromatic heterocycles. The minimum atomic E-state index is -0.104. The summed E-state index contributed by atoms with van der Waals surface area (Å²) in [6, 6.07) is 15.9. The Morgan fingerprint density at radius 2 is 1.84 bits per heavy atom. The van der Waals surface area contributed by atoms with E-state index in [-0.39, 0.29) is 12.0 Å². The number of rotatable bonds is 8. The van der Waals surface area contributed by atoms with Crippen LogP contribution in [0.1, 0.15) is 30.5 Å². The molecule has 0 bridgehead atoms. The maximum absolute atomic E-state index is 11.8. The monoisotopic (exact) mass is 356 g/mol. The molecule has 0 spiro atoms. The molecule has 0 radical (unpaired) electrons. The lowest BCUT2D eigenvalue weighted by molar-refractivity contribution is -0.118. The molecule has 0 aliphatic carbocycles. The lowest BCUT2D eigenvalue weighted by Crippen LogP contribution is -2.19. The van der Waals surface area contributed by atoms with Crippen LogP contribution in [0.3, 0.4) is 0 Å². The third-order valence-corrected chi connectivity index (χ3v) is 4.28. The van der Waals surface area contributed by atoms with E-state index in [1.807, 2.05) is 38.1 Å². The maximum atomic E-state index is 11.8. The molecule has 2 rings (SSSR count). The van der Waals surface area contributed by atoms with E-state index in [0.717, 1.165) is 17.1 Å². The number of nitrogens with zero attached hydrogens (tertiary/aromatic N) is 1. The van der Waals surface area contributed by atoms with E-state index >= 15 is 0 Å². The fraction of sp³-hybridized carbons (Fsp3) is 0.300. The van der Waals surface area contributed by atoms with Gasteiger partial charge in [0.25, 0.3) is 0 Å². The molecule has 0 unspecified atom stereocenters. The molecule has 4 nitrogen and oxygen atoms in total. The fourth-order valence-electron chi connectivity index (χ4n) is 2.06. The molecular weight excluding hydrogens is 332 g/mol. The van der Waals surface area contributed by atoms with Crippen molar-refractivity contribution in [3.05, 3.63) is 65.2 Å². The summed E-state index contributed by atoms with van der Waals surface area (Å²) in [6.07, 6.45) is 1.78. The average Bonchev–Trinajstić information content (AvgIpc) is 2.58. The first-order valence-electron chi connectivity index (χ1n) is 8.25. The van der Waals surface area contributed by atoms with E-state index in [4.69, 9.17) is 4.74 Å². The number of hydrogen-bond acceptors (Lipinski definition) is 4. The van der Waals surface area contributed by atoms with E-state index in [1.54, 1.807) is 18.0 Å². The molecule has 2 aromatic carbocycles. The molecule has 0 atom stereocenters. The van der Waals surface area contributed by atoms with E-state index in [9.17, 15) is 4.79 Å². The molecule has 25 heavy (non-hydrogen) atoms. The number of hydrogen-bond donors (Lipinski definition) is 1. The summed E-state index contributed by atoms with van der Waals surface area (Å²) in [6.45, 7) is 6.04. The SMILES string of the molecule is Cc1ccc(CSCC(=O)N/N=C\c2ccc(OC(C)C)cc2)cc1. The van der Waals surface area contributed by atoms with Gasteiger partial charge in [-0.05, 0) is 56.2 Å². The Kier molecular flexibility index (Phi) is 7.54. The van der Waals surface area contributed by atoms with Crippen molar-refractivity contribution in [1.29, 1.82) is 0 Å². The molecule has 0 aliphatic rings. The molecule has 5 heteroatoms. The lowest BCUT2D eigenvalue weighted by Gasteiger charge is -2.09. The largest absolute Gasteiger partial charge is 0.491 e. The first-order chi connectivity index (χ1) is 12.0. The van der Waals surface area contributed by atoms with Gasteiger partial charge in [0.15, 0.2) is 0 Å². The van der Waals surface area contributed by atoms with Crippen molar-refractivity contribution in [3.63, 3.8) is 0 Å². The van der Waals surface area contributed by atoms with Crippen LogP contribution in [0, 0.1) is 6.92 Å². The molecule has 0 saturated carbocycles. The average molecular weight is 356 g/mol. The summed E-state index contributed by atoms with van der Waals surface area (Å²) in [5.41, 5.74) is 5.92. The summed E-state index contributed by atoms with van der Waals surface area (Å²) in [5, 5.41) is 3.99. The van der Waals surface area contributed by atoms with Crippen molar-refractivity contribution in [2.45, 2.75) is 32.6 Å². The molecular formula is C20H24N2O2S. The predicted octanol–water partition coefficient (Wildman–Crippen LogP) is 4.17. The van der Waals surface area contributed by atoms with Crippen LogP contribution in [-0.2, 0) is 10.5 Å². The zero-order valence-electron chi connectivity index (χ0n) is 14.9. The van der Waals surface area contributed by atoms with Crippen LogP contribution in [0.2, 0.25) is 0 Å². The number of thioether (sulfide) groups is 1. The van der Waals surface area contributed by atoms with Crippen LogP contribution in [0.4, 0.5) is 0 Å². The van der Waals surface area contributed by atoms with Crippen LogP contribution in [0.5, 0.6) is 5.75 Å². The van der Waals surface area contributed by atoms with Crippen LogP contribution < -0.4 is 10.2 Å². The third kappa shape index (κ3) is 7.44. The van der Waals surface area contributed by atoms with Gasteiger partial charge in [-0.2, -0.15) is 5.10 Å². The van der Waals surface area contributed by atoms with Crippen molar-refractivity contribution >= 4 is 23.9 Å². The number of carbonyl (C=O) groups excluding carboxylic acids is 1. The van der Waals surface area contributed by atoms with E-state index in [0.29, 0.717) is 5.75 Å². The highest BCUT2D eigenvalue weighted by molar-refractivity contribution is 7.99. The summed E-state index contributed by atoms with van der Waals surface area (Å²) in [5.74, 6) is 1.91. The molecule has 0 aliphatic heterocycles. The molecule has 1 amide bonds. The van der Waals surface area contributed by atoms with Crippen LogP contribution >= 0.6 is 11.8 Å². The molecule has 0 fully saturated rings. The van der Waals surface area contributed by atoms with Crippen LogP contribution in [0.15, 0.2) is 53.6 Å². The van der Waals surface area contributed by atoms with Crippen molar-refractivity contribution < 1.29 is 9.53 Å². The van der Waals surface area contributed by atoms with Crippen molar-refractivity contribution in [3.8, 4) is 5.75 Å². The molecule has 2 aromatic rings. The van der Waals surface area contributed by atoms with Crippen molar-refractivity contribution in [2.75, 3.05) is 5.75 Å². The number of ether oxygens (including phenoxy) is 1. The Morgan fingerprint density at radius 1 is 1.16 bits per heavy atom. The number of amides is 1.